The van der Waals surface area contributed by atoms with E-state index in [4.69, 9.17) is 11.6 Å². The van der Waals surface area contributed by atoms with Crippen LogP contribution in [0.3, 0.4) is 0 Å². The van der Waals surface area contributed by atoms with Gasteiger partial charge in [0.1, 0.15) is 0 Å². The number of ketones is 1. The van der Waals surface area contributed by atoms with Gasteiger partial charge < -0.3 is 10.3 Å². The number of hydrogen-bond donors (Lipinski definition) is 2. The molecule has 2 aromatic heterocycles. The van der Waals surface area contributed by atoms with E-state index in [0.29, 0.717) is 26.3 Å². The monoisotopic (exact) mass is 361 g/mol. The standard InChI is InChI=1S/C17H16ClN3O2S/c1-8(19-17-20-9(2)15(24-17)10(3)22)13-7-11-6-12(18)4-5-14(11)21-16(13)23/h4-8H,1-3H3,(H,19,20)(H,21,23)/t8-/m0/s1. The Morgan fingerprint density at radius 1 is 1.38 bits per heavy atom. The molecule has 1 atom stereocenters. The second kappa shape index (κ2) is 6.37. The van der Waals surface area contributed by atoms with Crippen LogP contribution >= 0.6 is 22.9 Å². The summed E-state index contributed by atoms with van der Waals surface area (Å²) in [6.07, 6.45) is 0. The normalized spacial score (nSPS) is 12.3. The van der Waals surface area contributed by atoms with Gasteiger partial charge in [-0.25, -0.2) is 4.98 Å². The van der Waals surface area contributed by atoms with Crippen molar-refractivity contribution >= 4 is 44.8 Å². The van der Waals surface area contributed by atoms with Gasteiger partial charge in [-0.05, 0) is 38.1 Å². The lowest BCUT2D eigenvalue weighted by atomic mass is 10.1. The lowest BCUT2D eigenvalue weighted by Crippen LogP contribution is -2.19. The maximum Gasteiger partial charge on any atom is 0.253 e. The van der Waals surface area contributed by atoms with Crippen molar-refractivity contribution in [3.05, 3.63) is 55.8 Å². The summed E-state index contributed by atoms with van der Waals surface area (Å²) in [6.45, 7) is 5.20. The molecule has 0 amide bonds. The number of thiazole rings is 1. The molecule has 0 saturated carbocycles. The molecule has 3 rings (SSSR count). The fourth-order valence-electron chi connectivity index (χ4n) is 2.56. The summed E-state index contributed by atoms with van der Waals surface area (Å²) < 4.78 is 0. The van der Waals surface area contributed by atoms with E-state index in [1.807, 2.05) is 19.1 Å². The minimum absolute atomic E-state index is 0.0103. The summed E-state index contributed by atoms with van der Waals surface area (Å²) in [5.41, 5.74) is 1.86. The molecule has 0 aliphatic rings. The molecular weight excluding hydrogens is 346 g/mol. The zero-order valence-corrected chi connectivity index (χ0v) is 15.0. The highest BCUT2D eigenvalue weighted by Gasteiger charge is 2.16. The molecule has 0 aliphatic carbocycles. The van der Waals surface area contributed by atoms with Gasteiger partial charge in [-0.2, -0.15) is 0 Å². The number of fused-ring (bicyclic) bond motifs is 1. The first kappa shape index (κ1) is 16.7. The summed E-state index contributed by atoms with van der Waals surface area (Å²) in [7, 11) is 0. The quantitative estimate of drug-likeness (QED) is 0.678. The molecule has 5 nitrogen and oxygen atoms in total. The number of carbonyl (C=O) groups is 1. The van der Waals surface area contributed by atoms with E-state index in [0.717, 1.165) is 10.9 Å². The van der Waals surface area contributed by atoms with Gasteiger partial charge >= 0.3 is 0 Å². The molecule has 0 bridgehead atoms. The van der Waals surface area contributed by atoms with Gasteiger partial charge in [-0.3, -0.25) is 9.59 Å². The first-order valence-electron chi connectivity index (χ1n) is 7.42. The molecule has 0 radical (unpaired) electrons. The smallest absolute Gasteiger partial charge is 0.253 e. The lowest BCUT2D eigenvalue weighted by molar-refractivity contribution is 0.102. The highest BCUT2D eigenvalue weighted by molar-refractivity contribution is 7.17. The summed E-state index contributed by atoms with van der Waals surface area (Å²) >= 11 is 7.32. The Labute approximate surface area is 147 Å². The number of carbonyl (C=O) groups excluding carboxylic acids is 1. The molecule has 0 spiro atoms. The van der Waals surface area contributed by atoms with E-state index in [9.17, 15) is 9.59 Å². The number of benzene rings is 1. The Kier molecular flexibility index (Phi) is 4.43. The number of anilines is 1. The van der Waals surface area contributed by atoms with Crippen LogP contribution in [0.4, 0.5) is 5.13 Å². The second-order valence-corrected chi connectivity index (χ2v) is 7.08. The number of pyridine rings is 1. The van der Waals surface area contributed by atoms with E-state index in [1.54, 1.807) is 19.1 Å². The number of nitrogens with zero attached hydrogens (tertiary/aromatic N) is 1. The summed E-state index contributed by atoms with van der Waals surface area (Å²) in [5, 5.41) is 5.30. The number of aryl methyl sites for hydroxylation is 1. The van der Waals surface area contributed by atoms with Crippen molar-refractivity contribution in [1.82, 2.24) is 9.97 Å². The number of nitrogens with one attached hydrogen (secondary N) is 2. The highest BCUT2D eigenvalue weighted by Crippen LogP contribution is 2.27. The number of halogens is 1. The fraction of sp³-hybridized carbons (Fsp3) is 0.235. The van der Waals surface area contributed by atoms with Gasteiger partial charge in [0.05, 0.1) is 16.6 Å². The molecule has 0 unspecified atom stereocenters. The van der Waals surface area contributed by atoms with Crippen molar-refractivity contribution in [2.45, 2.75) is 26.8 Å². The second-order valence-electron chi connectivity index (χ2n) is 5.64. The number of hydrogen-bond acceptors (Lipinski definition) is 5. The van der Waals surface area contributed by atoms with Crippen molar-refractivity contribution in [1.29, 1.82) is 0 Å². The average molecular weight is 362 g/mol. The molecule has 124 valence electrons. The number of aromatic nitrogens is 2. The van der Waals surface area contributed by atoms with E-state index in [-0.39, 0.29) is 17.4 Å². The van der Waals surface area contributed by atoms with Gasteiger partial charge in [0, 0.05) is 28.4 Å². The topological polar surface area (TPSA) is 74.8 Å². The Morgan fingerprint density at radius 2 is 2.12 bits per heavy atom. The zero-order chi connectivity index (χ0) is 17.4. The SMILES string of the molecule is CC(=O)c1sc(N[C@@H](C)c2cc3cc(Cl)ccc3[nH]c2=O)nc1C. The molecule has 0 fully saturated rings. The molecule has 2 heterocycles. The Morgan fingerprint density at radius 3 is 2.79 bits per heavy atom. The Hall–Kier alpha value is -2.18. The largest absolute Gasteiger partial charge is 0.355 e. The van der Waals surface area contributed by atoms with E-state index < -0.39 is 0 Å². The Balaban J connectivity index is 1.95. The van der Waals surface area contributed by atoms with Gasteiger partial charge in [-0.15, -0.1) is 0 Å². The number of Topliss-reactive ketones (excluding diaryl/α,β-unsaturated/α-hetero) is 1. The van der Waals surface area contributed by atoms with Gasteiger partial charge in [0.15, 0.2) is 10.9 Å². The lowest BCUT2D eigenvalue weighted by Gasteiger charge is -2.13. The predicted octanol–water partition coefficient (Wildman–Crippen LogP) is 4.32. The van der Waals surface area contributed by atoms with Crippen LogP contribution in [0.5, 0.6) is 0 Å². The summed E-state index contributed by atoms with van der Waals surface area (Å²) in [4.78, 5) is 31.7. The Bertz CT molecular complexity index is 993. The molecular formula is C17H16ClN3O2S. The van der Waals surface area contributed by atoms with Crippen LogP contribution < -0.4 is 10.9 Å². The van der Waals surface area contributed by atoms with Crippen LogP contribution in [0.15, 0.2) is 29.1 Å². The van der Waals surface area contributed by atoms with E-state index >= 15 is 0 Å². The highest BCUT2D eigenvalue weighted by atomic mass is 35.5. The fourth-order valence-corrected chi connectivity index (χ4v) is 3.69. The van der Waals surface area contributed by atoms with Crippen molar-refractivity contribution < 1.29 is 4.79 Å². The molecule has 7 heteroatoms. The summed E-state index contributed by atoms with van der Waals surface area (Å²) in [6, 6.07) is 6.89. The van der Waals surface area contributed by atoms with Crippen LogP contribution in [0, 0.1) is 6.92 Å². The van der Waals surface area contributed by atoms with Crippen LogP contribution in [0.2, 0.25) is 5.02 Å². The molecule has 0 aliphatic heterocycles. The van der Waals surface area contributed by atoms with Crippen molar-refractivity contribution in [2.24, 2.45) is 0 Å². The first-order valence-corrected chi connectivity index (χ1v) is 8.62. The minimum Gasteiger partial charge on any atom is -0.355 e. The van der Waals surface area contributed by atoms with Gasteiger partial charge in [0.25, 0.3) is 5.56 Å². The van der Waals surface area contributed by atoms with Crippen LogP contribution in [0.1, 0.15) is 40.8 Å². The molecule has 3 aromatic rings. The van der Waals surface area contributed by atoms with Crippen LogP contribution in [-0.4, -0.2) is 15.8 Å². The van der Waals surface area contributed by atoms with Gasteiger partial charge in [0.2, 0.25) is 0 Å². The van der Waals surface area contributed by atoms with Crippen molar-refractivity contribution in [2.75, 3.05) is 5.32 Å². The molecule has 24 heavy (non-hydrogen) atoms. The summed E-state index contributed by atoms with van der Waals surface area (Å²) in [5.74, 6) is -0.0103. The third-order valence-corrected chi connectivity index (χ3v) is 5.18. The number of aromatic amines is 1. The molecule has 0 saturated heterocycles. The average Bonchev–Trinajstić information content (AvgIpc) is 2.87. The van der Waals surface area contributed by atoms with Gasteiger partial charge in [-0.1, -0.05) is 22.9 Å². The van der Waals surface area contributed by atoms with Crippen LogP contribution in [0.25, 0.3) is 10.9 Å². The number of rotatable bonds is 4. The molecule has 1 aromatic carbocycles. The maximum atomic E-state index is 12.3. The van der Waals surface area contributed by atoms with Crippen LogP contribution in [-0.2, 0) is 0 Å². The van der Waals surface area contributed by atoms with Crippen molar-refractivity contribution in [3.63, 3.8) is 0 Å². The first-order chi connectivity index (χ1) is 11.3. The van der Waals surface area contributed by atoms with E-state index in [2.05, 4.69) is 15.3 Å². The third-order valence-electron chi connectivity index (χ3n) is 3.76. The van der Waals surface area contributed by atoms with E-state index in [1.165, 1.54) is 18.3 Å². The van der Waals surface area contributed by atoms with Crippen molar-refractivity contribution in [3.8, 4) is 0 Å². The molecule has 2 N–H and O–H groups in total. The minimum atomic E-state index is -0.262. The zero-order valence-electron chi connectivity index (χ0n) is 13.4. The number of H-pyrrole nitrogens is 1. The predicted molar refractivity (Wildman–Crippen MR) is 98.5 cm³/mol. The third kappa shape index (κ3) is 3.20. The maximum absolute atomic E-state index is 12.3.